The van der Waals surface area contributed by atoms with Crippen molar-refractivity contribution in [1.29, 1.82) is 0 Å². The van der Waals surface area contributed by atoms with Crippen LogP contribution in [0.2, 0.25) is 0 Å². The lowest BCUT2D eigenvalue weighted by Crippen LogP contribution is -2.34. The van der Waals surface area contributed by atoms with Crippen LogP contribution in [-0.2, 0) is 80.1 Å². The van der Waals surface area contributed by atoms with Crippen LogP contribution < -0.4 is 0 Å². The molecule has 2 aliphatic rings. The summed E-state index contributed by atoms with van der Waals surface area (Å²) in [6.45, 7) is 14.2. The smallest absolute Gasteiger partial charge is 0.308 e. The predicted octanol–water partition coefficient (Wildman–Crippen LogP) is 8.34. The highest BCUT2D eigenvalue weighted by Gasteiger charge is 2.69. The van der Waals surface area contributed by atoms with Gasteiger partial charge in [0.05, 0.1) is 52.9 Å². The van der Waals surface area contributed by atoms with E-state index in [4.69, 9.17) is 36.2 Å². The quantitative estimate of drug-likeness (QED) is 0.121. The molecule has 254 valence electrons. The Kier molecular flexibility index (Phi) is 13.4. The van der Waals surface area contributed by atoms with Crippen LogP contribution in [0.4, 0.5) is 0 Å². The van der Waals surface area contributed by atoms with Crippen molar-refractivity contribution in [3.05, 3.63) is 34.4 Å². The van der Waals surface area contributed by atoms with Crippen molar-refractivity contribution < 1.29 is 54.5 Å². The van der Waals surface area contributed by atoms with Gasteiger partial charge in [0.25, 0.3) is 0 Å². The maximum absolute atomic E-state index is 14.6. The van der Waals surface area contributed by atoms with Crippen molar-refractivity contribution in [3.63, 3.8) is 0 Å². The van der Waals surface area contributed by atoms with Crippen molar-refractivity contribution in [2.24, 2.45) is 0 Å². The lowest BCUT2D eigenvalue weighted by Gasteiger charge is -2.40. The number of rotatable bonds is 20. The number of hydrogen-bond acceptors (Lipinski definition) is 12. The summed E-state index contributed by atoms with van der Waals surface area (Å²) in [6.07, 6.45) is 0.112. The second kappa shape index (κ2) is 15.4. The van der Waals surface area contributed by atoms with Gasteiger partial charge >= 0.3 is 30.4 Å². The van der Waals surface area contributed by atoms with Crippen LogP contribution in [0.15, 0.2) is 12.1 Å². The van der Waals surface area contributed by atoms with E-state index in [1.54, 1.807) is 55.4 Å². The molecule has 0 aliphatic heterocycles. The number of hydrogen-bond donors (Lipinski definition) is 0. The third-order valence-corrected chi connectivity index (χ3v) is 20.9. The Morgan fingerprint density at radius 2 is 0.568 bits per heavy atom. The second-order valence-corrected chi connectivity index (χ2v) is 20.6. The molecule has 0 fully saturated rings. The van der Waals surface area contributed by atoms with E-state index in [0.717, 1.165) is 22.3 Å². The first-order chi connectivity index (χ1) is 20.8. The zero-order chi connectivity index (χ0) is 32.9. The normalized spacial score (nSPS) is 18.0. The van der Waals surface area contributed by atoms with Crippen LogP contribution in [0.5, 0.6) is 0 Å². The summed E-state index contributed by atoms with van der Waals surface area (Å²) in [5.74, 6) is 0. The van der Waals surface area contributed by atoms with Crippen LogP contribution in [0.1, 0.15) is 77.6 Å². The molecule has 3 rings (SSSR count). The molecular weight excluding hydrogens is 652 g/mol. The molecule has 0 saturated carbocycles. The highest BCUT2D eigenvalue weighted by Crippen LogP contribution is 2.83. The van der Waals surface area contributed by atoms with Gasteiger partial charge in [0.1, 0.15) is 0 Å². The minimum Gasteiger partial charge on any atom is -0.308 e. The van der Waals surface area contributed by atoms with Crippen LogP contribution in [0.3, 0.4) is 0 Å². The summed E-state index contributed by atoms with van der Waals surface area (Å²) < 4.78 is 105. The molecule has 16 heteroatoms. The molecule has 0 bridgehead atoms. The maximum Gasteiger partial charge on any atom is 0.349 e. The van der Waals surface area contributed by atoms with E-state index in [0.29, 0.717) is 0 Å². The first kappa shape index (κ1) is 38.3. The van der Waals surface area contributed by atoms with Gasteiger partial charge in [-0.25, -0.2) is 0 Å². The molecule has 0 spiro atoms. The van der Waals surface area contributed by atoms with Gasteiger partial charge in [-0.2, -0.15) is 0 Å². The second-order valence-electron chi connectivity index (χ2n) is 10.4. The first-order valence-corrected chi connectivity index (χ1v) is 21.7. The Balaban J connectivity index is 2.24. The Bertz CT molecular complexity index is 1100. The van der Waals surface area contributed by atoms with Gasteiger partial charge in [0, 0.05) is 25.7 Å². The third kappa shape index (κ3) is 6.46. The molecule has 0 unspecified atom stereocenters. The van der Waals surface area contributed by atoms with E-state index in [1.165, 1.54) is 0 Å². The molecule has 12 nitrogen and oxygen atoms in total. The minimum atomic E-state index is -4.08. The van der Waals surface area contributed by atoms with Gasteiger partial charge in [-0.1, -0.05) is 12.1 Å². The summed E-state index contributed by atoms with van der Waals surface area (Å²) in [5, 5.41) is 0. The van der Waals surface area contributed by atoms with Crippen LogP contribution in [0, 0.1) is 0 Å². The molecule has 0 N–H and O–H groups in total. The van der Waals surface area contributed by atoms with E-state index >= 15 is 0 Å². The van der Waals surface area contributed by atoms with E-state index in [2.05, 4.69) is 0 Å². The van der Waals surface area contributed by atoms with E-state index in [9.17, 15) is 18.3 Å². The third-order valence-electron chi connectivity index (χ3n) is 7.85. The summed E-state index contributed by atoms with van der Waals surface area (Å²) in [7, 11) is -16.3. The monoisotopic (exact) mass is 702 g/mol. The molecule has 44 heavy (non-hydrogen) atoms. The van der Waals surface area contributed by atoms with Crippen LogP contribution in [0.25, 0.3) is 0 Å². The van der Waals surface area contributed by atoms with Gasteiger partial charge in [-0.3, -0.25) is 18.3 Å². The Hall–Kier alpha value is -0.180. The van der Waals surface area contributed by atoms with Gasteiger partial charge in [-0.15, -0.1) is 0 Å². The first-order valence-electron chi connectivity index (χ1n) is 15.5. The van der Waals surface area contributed by atoms with Gasteiger partial charge in [0.2, 0.25) is 0 Å². The number of fused-ring (bicyclic) bond motifs is 2. The topological polar surface area (TPSA) is 142 Å². The van der Waals surface area contributed by atoms with Gasteiger partial charge < -0.3 is 36.2 Å². The van der Waals surface area contributed by atoms with E-state index in [1.807, 2.05) is 12.1 Å². The van der Waals surface area contributed by atoms with Crippen molar-refractivity contribution in [3.8, 4) is 0 Å². The van der Waals surface area contributed by atoms with Crippen molar-refractivity contribution >= 4 is 30.4 Å². The summed E-state index contributed by atoms with van der Waals surface area (Å²) in [4.78, 5) is -3.24. The fourth-order valence-electron chi connectivity index (χ4n) is 6.34. The molecule has 1 aromatic rings. The number of benzene rings is 1. The summed E-state index contributed by atoms with van der Waals surface area (Å²) in [6, 6.07) is 3.78. The average molecular weight is 703 g/mol. The molecule has 0 aromatic heterocycles. The highest BCUT2D eigenvalue weighted by molar-refractivity contribution is 7.75. The molecule has 2 aliphatic carbocycles. The molecule has 0 saturated heterocycles. The largest absolute Gasteiger partial charge is 0.349 e. The molecule has 0 heterocycles. The molecule has 1 aromatic carbocycles. The molecular formula is C28H50O12P4. The Labute approximate surface area is 262 Å². The summed E-state index contributed by atoms with van der Waals surface area (Å²) in [5.41, 5.74) is 2.96. The average Bonchev–Trinajstić information content (AvgIpc) is 3.53. The van der Waals surface area contributed by atoms with Crippen LogP contribution >= 0.6 is 30.4 Å². The molecule has 0 amide bonds. The van der Waals surface area contributed by atoms with E-state index in [-0.39, 0.29) is 78.5 Å². The Morgan fingerprint density at radius 1 is 0.409 bits per heavy atom. The zero-order valence-electron chi connectivity index (χ0n) is 27.3. The van der Waals surface area contributed by atoms with Crippen molar-refractivity contribution in [1.82, 2.24) is 0 Å². The maximum atomic E-state index is 14.6. The fraction of sp³-hybridized carbons (Fsp3) is 0.786. The highest BCUT2D eigenvalue weighted by atomic mass is 31.2. The lowest BCUT2D eigenvalue weighted by atomic mass is 10.0. The van der Waals surface area contributed by atoms with Crippen LogP contribution in [-0.4, -0.2) is 62.6 Å². The fourth-order valence-corrected chi connectivity index (χ4v) is 18.0. The zero-order valence-corrected chi connectivity index (χ0v) is 30.9. The SMILES string of the molecule is CCOP(=O)(OCC)C1(P(=O)(OCC)OCC)Cc2cc3c(cc2C1)CC(P(=O)(OCC)OCC)(P(=O)(OCC)OCC)C3. The van der Waals surface area contributed by atoms with Crippen molar-refractivity contribution in [2.45, 2.75) is 90.9 Å². The standard InChI is InChI=1S/C28H50O12P4/c1-9-33-41(29,34-10-2)27(42(30,35-11-3)36-12-4)19-23-17-25-21-28(22-26(25)18-24(23)20-27,43(31,37-13-5)38-14-6)44(32,39-15-7)40-16-8/h17-18H,9-16,19-22H2,1-8H3. The van der Waals surface area contributed by atoms with Crippen molar-refractivity contribution in [2.75, 3.05) is 52.9 Å². The molecule has 0 atom stereocenters. The Morgan fingerprint density at radius 3 is 0.705 bits per heavy atom. The lowest BCUT2D eigenvalue weighted by molar-refractivity contribution is 0.176. The van der Waals surface area contributed by atoms with Gasteiger partial charge in [-0.05, 0) is 77.6 Å². The minimum absolute atomic E-state index is 0.0281. The summed E-state index contributed by atoms with van der Waals surface area (Å²) >= 11 is 0. The predicted molar refractivity (Wildman–Crippen MR) is 170 cm³/mol. The molecule has 0 radical (unpaired) electrons. The van der Waals surface area contributed by atoms with E-state index < -0.39 is 40.2 Å². The van der Waals surface area contributed by atoms with Gasteiger partial charge in [0.15, 0.2) is 9.79 Å².